The van der Waals surface area contributed by atoms with E-state index < -0.39 is 21.6 Å². The first-order valence-corrected chi connectivity index (χ1v) is 10.2. The number of piperidine rings is 1. The van der Waals surface area contributed by atoms with Crippen molar-refractivity contribution in [3.05, 3.63) is 21.6 Å². The second-order valence-electron chi connectivity index (χ2n) is 5.89. The summed E-state index contributed by atoms with van der Waals surface area (Å²) in [6.07, 6.45) is 3.87. The largest absolute Gasteiger partial charge is 0.468 e. The summed E-state index contributed by atoms with van der Waals surface area (Å²) in [4.78, 5) is 29.3. The van der Waals surface area contributed by atoms with Crippen LogP contribution in [0.5, 0.6) is 0 Å². The lowest BCUT2D eigenvalue weighted by molar-refractivity contribution is -0.141. The van der Waals surface area contributed by atoms with E-state index in [1.807, 2.05) is 0 Å². The van der Waals surface area contributed by atoms with Gasteiger partial charge in [0.1, 0.15) is 16.3 Å². The lowest BCUT2D eigenvalue weighted by Crippen LogP contribution is -2.36. The number of thiophene rings is 1. The Labute approximate surface area is 149 Å². The van der Waals surface area contributed by atoms with Crippen LogP contribution < -0.4 is 5.56 Å². The third-order valence-corrected chi connectivity index (χ3v) is 7.45. The van der Waals surface area contributed by atoms with Gasteiger partial charge in [-0.1, -0.05) is 6.42 Å². The number of sulfonamides is 1. The van der Waals surface area contributed by atoms with Crippen molar-refractivity contribution in [3.8, 4) is 0 Å². The highest BCUT2D eigenvalue weighted by molar-refractivity contribution is 7.89. The van der Waals surface area contributed by atoms with Gasteiger partial charge < -0.3 is 4.74 Å². The van der Waals surface area contributed by atoms with E-state index in [1.165, 1.54) is 29.1 Å². The maximum atomic E-state index is 13.1. The van der Waals surface area contributed by atoms with E-state index in [1.54, 1.807) is 6.92 Å². The van der Waals surface area contributed by atoms with Crippen molar-refractivity contribution in [2.24, 2.45) is 0 Å². The minimum Gasteiger partial charge on any atom is -0.468 e. The maximum Gasteiger partial charge on any atom is 0.325 e. The molecule has 1 aliphatic rings. The Morgan fingerprint density at radius 2 is 2.00 bits per heavy atom. The van der Waals surface area contributed by atoms with Gasteiger partial charge in [0.05, 0.1) is 18.8 Å². The summed E-state index contributed by atoms with van der Waals surface area (Å²) in [5, 5.41) is 0.0551. The molecular weight excluding hydrogens is 366 g/mol. The normalized spacial score (nSPS) is 16.2. The van der Waals surface area contributed by atoms with Crippen LogP contribution in [0, 0.1) is 6.92 Å². The summed E-state index contributed by atoms with van der Waals surface area (Å²) in [6.45, 7) is 2.27. The molecule has 2 aromatic rings. The van der Waals surface area contributed by atoms with Crippen molar-refractivity contribution in [1.82, 2.24) is 13.9 Å². The number of aryl methyl sites for hydroxylation is 1. The first-order chi connectivity index (χ1) is 11.9. The van der Waals surface area contributed by atoms with Crippen LogP contribution in [-0.4, -0.2) is 48.4 Å². The average molecular weight is 385 g/mol. The summed E-state index contributed by atoms with van der Waals surface area (Å²) in [7, 11) is -2.55. The van der Waals surface area contributed by atoms with Gasteiger partial charge in [0.25, 0.3) is 5.56 Å². The van der Waals surface area contributed by atoms with Gasteiger partial charge in [0.15, 0.2) is 0 Å². The summed E-state index contributed by atoms with van der Waals surface area (Å²) in [5.41, 5.74) is -0.546. The van der Waals surface area contributed by atoms with Gasteiger partial charge >= 0.3 is 5.97 Å². The molecule has 0 spiro atoms. The van der Waals surface area contributed by atoms with Crippen LogP contribution in [0.2, 0.25) is 0 Å². The van der Waals surface area contributed by atoms with E-state index in [9.17, 15) is 18.0 Å². The molecule has 0 unspecified atom stereocenters. The molecule has 3 rings (SSSR count). The van der Waals surface area contributed by atoms with Gasteiger partial charge in [-0.25, -0.2) is 13.4 Å². The Bertz CT molecular complexity index is 971. The number of esters is 1. The van der Waals surface area contributed by atoms with Crippen molar-refractivity contribution in [1.29, 1.82) is 0 Å². The molecule has 0 amide bonds. The van der Waals surface area contributed by atoms with Crippen molar-refractivity contribution < 1.29 is 17.9 Å². The van der Waals surface area contributed by atoms with Crippen LogP contribution in [0.25, 0.3) is 10.2 Å². The van der Waals surface area contributed by atoms with E-state index in [2.05, 4.69) is 9.72 Å². The SMILES string of the molecule is COC(=O)Cn1cnc2sc(C)c(S(=O)(=O)N3CCCCC3)c2c1=O. The number of nitrogens with zero attached hydrogens (tertiary/aromatic N) is 3. The van der Waals surface area contributed by atoms with Gasteiger partial charge in [-0.2, -0.15) is 4.31 Å². The van der Waals surface area contributed by atoms with Crippen molar-refractivity contribution >= 4 is 37.5 Å². The minimum absolute atomic E-state index is 0.0196. The number of hydrogen-bond acceptors (Lipinski definition) is 7. The Balaban J connectivity index is 2.17. The molecule has 0 aromatic carbocycles. The molecule has 8 nitrogen and oxygen atoms in total. The summed E-state index contributed by atoms with van der Waals surface area (Å²) < 4.78 is 33.3. The van der Waals surface area contributed by atoms with Crippen molar-refractivity contribution in [2.45, 2.75) is 37.6 Å². The van der Waals surface area contributed by atoms with Gasteiger partial charge in [-0.3, -0.25) is 14.2 Å². The zero-order valence-corrected chi connectivity index (χ0v) is 15.7. The smallest absolute Gasteiger partial charge is 0.325 e. The van der Waals surface area contributed by atoms with Gasteiger partial charge in [-0.05, 0) is 19.8 Å². The van der Waals surface area contributed by atoms with E-state index >= 15 is 0 Å². The molecule has 0 saturated carbocycles. The molecule has 0 N–H and O–H groups in total. The monoisotopic (exact) mass is 385 g/mol. The third kappa shape index (κ3) is 3.21. The number of ether oxygens (including phenoxy) is 1. The van der Waals surface area contributed by atoms with Crippen molar-refractivity contribution in [2.75, 3.05) is 20.2 Å². The maximum absolute atomic E-state index is 13.1. The summed E-state index contributed by atoms with van der Waals surface area (Å²) >= 11 is 1.17. The van der Waals surface area contributed by atoms with Crippen LogP contribution in [0.4, 0.5) is 0 Å². The highest BCUT2D eigenvalue weighted by atomic mass is 32.2. The Morgan fingerprint density at radius 1 is 1.32 bits per heavy atom. The van der Waals surface area contributed by atoms with Crippen molar-refractivity contribution in [3.63, 3.8) is 0 Å². The highest BCUT2D eigenvalue weighted by Crippen LogP contribution is 2.33. The fourth-order valence-corrected chi connectivity index (χ4v) is 6.16. The van der Waals surface area contributed by atoms with Gasteiger partial charge in [0, 0.05) is 18.0 Å². The van der Waals surface area contributed by atoms with E-state index in [4.69, 9.17) is 0 Å². The number of rotatable bonds is 4. The number of hydrogen-bond donors (Lipinski definition) is 0. The second-order valence-corrected chi connectivity index (χ2v) is 8.96. The molecule has 1 aliphatic heterocycles. The first kappa shape index (κ1) is 18.0. The lowest BCUT2D eigenvalue weighted by atomic mass is 10.2. The number of methoxy groups -OCH3 is 1. The molecule has 10 heteroatoms. The fraction of sp³-hybridized carbons (Fsp3) is 0.533. The quantitative estimate of drug-likeness (QED) is 0.731. The topological polar surface area (TPSA) is 98.6 Å². The number of fused-ring (bicyclic) bond motifs is 1. The molecular formula is C15H19N3O5S2. The predicted molar refractivity (Wildman–Crippen MR) is 93.2 cm³/mol. The molecule has 0 bridgehead atoms. The molecule has 25 heavy (non-hydrogen) atoms. The van der Waals surface area contributed by atoms with E-state index in [0.29, 0.717) is 22.8 Å². The molecule has 2 aromatic heterocycles. The Kier molecular flexibility index (Phi) is 4.94. The molecule has 0 atom stereocenters. The number of carbonyl (C=O) groups is 1. The fourth-order valence-electron chi connectivity index (χ4n) is 2.97. The third-order valence-electron chi connectivity index (χ3n) is 4.24. The summed E-state index contributed by atoms with van der Waals surface area (Å²) in [6, 6.07) is 0. The summed E-state index contributed by atoms with van der Waals surface area (Å²) in [5.74, 6) is -0.601. The molecule has 0 aliphatic carbocycles. The molecule has 1 saturated heterocycles. The van der Waals surface area contributed by atoms with Crippen LogP contribution in [0.15, 0.2) is 16.0 Å². The van der Waals surface area contributed by atoms with Gasteiger partial charge in [-0.15, -0.1) is 11.3 Å². The molecule has 0 radical (unpaired) electrons. The predicted octanol–water partition coefficient (Wildman–Crippen LogP) is 1.11. The zero-order chi connectivity index (χ0) is 18.2. The molecule has 3 heterocycles. The molecule has 136 valence electrons. The minimum atomic E-state index is -3.78. The van der Waals surface area contributed by atoms with Crippen LogP contribution in [0.3, 0.4) is 0 Å². The van der Waals surface area contributed by atoms with E-state index in [0.717, 1.165) is 23.8 Å². The Hall–Kier alpha value is -1.78. The van der Waals surface area contributed by atoms with Crippen LogP contribution in [0.1, 0.15) is 24.1 Å². The highest BCUT2D eigenvalue weighted by Gasteiger charge is 2.32. The number of aromatic nitrogens is 2. The standard InChI is InChI=1S/C15H19N3O5S2/c1-10-13(25(21,22)18-6-4-3-5-7-18)12-14(24-10)16-9-17(15(12)20)8-11(19)23-2/h9H,3-8H2,1-2H3. The Morgan fingerprint density at radius 3 is 2.64 bits per heavy atom. The van der Waals surface area contributed by atoms with Crippen LogP contribution in [-0.2, 0) is 26.1 Å². The molecule has 1 fully saturated rings. The second kappa shape index (κ2) is 6.85. The zero-order valence-electron chi connectivity index (χ0n) is 14.0. The first-order valence-electron chi connectivity index (χ1n) is 7.91. The van der Waals surface area contributed by atoms with Gasteiger partial charge in [0.2, 0.25) is 10.0 Å². The van der Waals surface area contributed by atoms with Crippen LogP contribution >= 0.6 is 11.3 Å². The van der Waals surface area contributed by atoms with E-state index in [-0.39, 0.29) is 16.8 Å². The average Bonchev–Trinajstić information content (AvgIpc) is 2.95. The lowest BCUT2D eigenvalue weighted by Gasteiger charge is -2.25. The number of carbonyl (C=O) groups excluding carboxylic acids is 1.